The highest BCUT2D eigenvalue weighted by atomic mass is 16.3. The Balaban J connectivity index is 1.10. The number of benzene rings is 11. The molecule has 3 aliphatic carbocycles. The molecule has 0 amide bonds. The van der Waals surface area contributed by atoms with E-state index in [2.05, 4.69) is 266 Å². The van der Waals surface area contributed by atoms with E-state index < -0.39 is 10.8 Å². The summed E-state index contributed by atoms with van der Waals surface area (Å²) in [5.74, 6) is 0. The van der Waals surface area contributed by atoms with Gasteiger partial charge in [0.05, 0.1) is 22.2 Å². The highest BCUT2D eigenvalue weighted by Gasteiger charge is 2.53. The molecule has 0 saturated heterocycles. The van der Waals surface area contributed by atoms with E-state index in [0.717, 1.165) is 44.6 Å². The number of furan rings is 1. The lowest BCUT2D eigenvalue weighted by Gasteiger charge is -2.35. The van der Waals surface area contributed by atoms with Crippen LogP contribution in [-0.2, 0) is 10.8 Å². The average Bonchev–Trinajstić information content (AvgIpc) is 4.15. The molecule has 12 aromatic rings. The van der Waals surface area contributed by atoms with Gasteiger partial charge in [-0.3, -0.25) is 0 Å². The summed E-state index contributed by atoms with van der Waals surface area (Å²) < 4.78 is 7.36. The number of rotatable bonds is 6. The minimum Gasteiger partial charge on any atom is -0.454 e. The van der Waals surface area contributed by atoms with Crippen LogP contribution in [0.2, 0.25) is 0 Å². The Hall–Kier alpha value is -8.98. The van der Waals surface area contributed by atoms with Gasteiger partial charge in [-0.2, -0.15) is 0 Å². The summed E-state index contributed by atoms with van der Waals surface area (Å²) in [7, 11) is 0. The molecule has 1 aromatic heterocycles. The second kappa shape index (κ2) is 14.8. The van der Waals surface area contributed by atoms with Crippen LogP contribution in [0.15, 0.2) is 265 Å². The zero-order valence-corrected chi connectivity index (χ0v) is 38.2. The van der Waals surface area contributed by atoms with E-state index in [0.29, 0.717) is 0 Å². The van der Waals surface area contributed by atoms with E-state index >= 15 is 0 Å². The van der Waals surface area contributed by atoms with Gasteiger partial charge in [-0.1, -0.05) is 231 Å². The Kier molecular flexibility index (Phi) is 8.24. The van der Waals surface area contributed by atoms with Gasteiger partial charge in [0, 0.05) is 22.0 Å². The number of anilines is 3. The van der Waals surface area contributed by atoms with E-state index in [1.54, 1.807) is 0 Å². The summed E-state index contributed by atoms with van der Waals surface area (Å²) in [6.45, 7) is 0. The van der Waals surface area contributed by atoms with Crippen molar-refractivity contribution in [3.8, 4) is 44.5 Å². The summed E-state index contributed by atoms with van der Waals surface area (Å²) >= 11 is 0. The average molecular weight is 890 g/mol. The van der Waals surface area contributed by atoms with Crippen LogP contribution in [0.4, 0.5) is 17.1 Å². The number of hydrogen-bond acceptors (Lipinski definition) is 2. The first-order valence-electron chi connectivity index (χ1n) is 24.3. The van der Waals surface area contributed by atoms with Crippen LogP contribution in [0.3, 0.4) is 0 Å². The Morgan fingerprint density at radius 1 is 0.314 bits per heavy atom. The number of fused-ring (bicyclic) bond motifs is 17. The van der Waals surface area contributed by atoms with Crippen molar-refractivity contribution in [3.63, 3.8) is 0 Å². The number of nitrogens with zero attached hydrogens (tertiary/aromatic N) is 1. The van der Waals surface area contributed by atoms with Crippen LogP contribution in [0, 0.1) is 0 Å². The zero-order chi connectivity index (χ0) is 46.0. The maximum Gasteiger partial charge on any atom is 0.160 e. The van der Waals surface area contributed by atoms with Crippen LogP contribution in [-0.4, -0.2) is 0 Å². The van der Waals surface area contributed by atoms with E-state index in [-0.39, 0.29) is 0 Å². The SMILES string of the molecule is c1ccc(-c2ccc(N(c3cccc4c3-c3ccccc3C4(c3ccccc3)c3ccccc3)c3cc4c(c5c3oc3ccccc35)-c3ccccc3C43c4ccccc4-c4ccccc43)cc2)cc1. The first-order chi connectivity index (χ1) is 34.8. The first-order valence-corrected chi connectivity index (χ1v) is 24.3. The minimum atomic E-state index is -0.580. The predicted octanol–water partition coefficient (Wildman–Crippen LogP) is 17.4. The summed E-state index contributed by atoms with van der Waals surface area (Å²) in [6.07, 6.45) is 0. The molecule has 1 spiro atoms. The van der Waals surface area contributed by atoms with E-state index in [9.17, 15) is 0 Å². The standard InChI is InChI=1S/C68H43NO/c1-4-21-44(22-5-1)45-39-41-48(42-40-45)69(60-37-20-36-58-63(60)51-29-12-17-34-56(51)67(58,46-23-6-2-7-24-46)47-25-8-3-9-26-47)61-43-59-64(65-53-31-14-19-38-62(53)70-66(61)65)52-30-13-18-35-57(52)68(59)54-32-15-10-27-49(54)50-28-11-16-33-55(50)68/h1-43H. The lowest BCUT2D eigenvalue weighted by atomic mass is 9.68. The van der Waals surface area contributed by atoms with Crippen molar-refractivity contribution in [2.75, 3.05) is 4.90 Å². The molecule has 0 N–H and O–H groups in total. The Morgan fingerprint density at radius 3 is 1.41 bits per heavy atom. The topological polar surface area (TPSA) is 16.4 Å². The number of para-hydroxylation sites is 1. The molecule has 3 aliphatic rings. The van der Waals surface area contributed by atoms with Crippen molar-refractivity contribution in [1.29, 1.82) is 0 Å². The van der Waals surface area contributed by atoms with E-state index in [4.69, 9.17) is 4.42 Å². The van der Waals surface area contributed by atoms with Crippen LogP contribution in [0.5, 0.6) is 0 Å². The Morgan fingerprint density at radius 2 is 0.786 bits per heavy atom. The molecule has 70 heavy (non-hydrogen) atoms. The summed E-state index contributed by atoms with van der Waals surface area (Å²) in [4.78, 5) is 2.52. The third-order valence-electron chi connectivity index (χ3n) is 15.8. The normalized spacial score (nSPS) is 13.9. The molecule has 326 valence electrons. The van der Waals surface area contributed by atoms with Crippen molar-refractivity contribution in [1.82, 2.24) is 0 Å². The highest BCUT2D eigenvalue weighted by Crippen LogP contribution is 2.66. The lowest BCUT2D eigenvalue weighted by molar-refractivity contribution is 0.668. The molecule has 15 rings (SSSR count). The van der Waals surface area contributed by atoms with Crippen LogP contribution in [0.25, 0.3) is 66.4 Å². The molecule has 0 unspecified atom stereocenters. The fourth-order valence-electron chi connectivity index (χ4n) is 13.1. The van der Waals surface area contributed by atoms with Gasteiger partial charge < -0.3 is 9.32 Å². The van der Waals surface area contributed by atoms with Crippen molar-refractivity contribution in [2.45, 2.75) is 10.8 Å². The Bertz CT molecular complexity index is 3970. The van der Waals surface area contributed by atoms with Gasteiger partial charge in [0.25, 0.3) is 0 Å². The molecule has 1 heterocycles. The van der Waals surface area contributed by atoms with Crippen LogP contribution in [0.1, 0.15) is 44.5 Å². The Labute approximate surface area is 407 Å². The van der Waals surface area contributed by atoms with Crippen LogP contribution < -0.4 is 4.90 Å². The van der Waals surface area contributed by atoms with Gasteiger partial charge in [-0.15, -0.1) is 0 Å². The number of hydrogen-bond donors (Lipinski definition) is 0. The lowest BCUT2D eigenvalue weighted by Crippen LogP contribution is -2.28. The zero-order valence-electron chi connectivity index (χ0n) is 38.2. The van der Waals surface area contributed by atoms with Crippen molar-refractivity contribution < 1.29 is 4.42 Å². The fraction of sp³-hybridized carbons (Fsp3) is 0.0294. The molecule has 0 bridgehead atoms. The van der Waals surface area contributed by atoms with Crippen molar-refractivity contribution in [3.05, 3.63) is 305 Å². The van der Waals surface area contributed by atoms with Gasteiger partial charge >= 0.3 is 0 Å². The molecule has 0 fully saturated rings. The first kappa shape index (κ1) is 39.1. The minimum absolute atomic E-state index is 0.579. The molecule has 11 aromatic carbocycles. The molecule has 0 saturated carbocycles. The summed E-state index contributed by atoms with van der Waals surface area (Å²) in [5, 5.41) is 2.24. The van der Waals surface area contributed by atoms with E-state index in [1.807, 2.05) is 0 Å². The largest absolute Gasteiger partial charge is 0.454 e. The van der Waals surface area contributed by atoms with Gasteiger partial charge in [-0.05, 0) is 114 Å². The quantitative estimate of drug-likeness (QED) is 0.165. The predicted molar refractivity (Wildman–Crippen MR) is 287 cm³/mol. The molecule has 0 atom stereocenters. The van der Waals surface area contributed by atoms with Gasteiger partial charge in [0.2, 0.25) is 0 Å². The fourth-order valence-corrected chi connectivity index (χ4v) is 13.1. The summed E-state index contributed by atoms with van der Waals surface area (Å²) in [6, 6.07) is 96.5. The molecular formula is C68H43NO. The molecular weight excluding hydrogens is 847 g/mol. The maximum atomic E-state index is 7.36. The maximum absolute atomic E-state index is 7.36. The second-order valence-corrected chi connectivity index (χ2v) is 19.0. The molecule has 2 heteroatoms. The van der Waals surface area contributed by atoms with E-state index in [1.165, 1.54) is 83.5 Å². The second-order valence-electron chi connectivity index (χ2n) is 19.0. The van der Waals surface area contributed by atoms with Gasteiger partial charge in [0.15, 0.2) is 5.58 Å². The van der Waals surface area contributed by atoms with Gasteiger partial charge in [0.1, 0.15) is 5.58 Å². The van der Waals surface area contributed by atoms with Crippen molar-refractivity contribution >= 4 is 39.0 Å². The highest BCUT2D eigenvalue weighted by molar-refractivity contribution is 6.20. The third kappa shape index (κ3) is 5.07. The monoisotopic (exact) mass is 889 g/mol. The summed E-state index contributed by atoms with van der Waals surface area (Å²) in [5.41, 5.74) is 23.7. The van der Waals surface area contributed by atoms with Gasteiger partial charge in [-0.25, -0.2) is 0 Å². The molecule has 0 radical (unpaired) electrons. The van der Waals surface area contributed by atoms with Crippen molar-refractivity contribution in [2.24, 2.45) is 0 Å². The molecule has 0 aliphatic heterocycles. The third-order valence-corrected chi connectivity index (χ3v) is 15.8. The molecule has 2 nitrogen and oxygen atoms in total. The smallest absolute Gasteiger partial charge is 0.160 e. The van der Waals surface area contributed by atoms with Crippen LogP contribution >= 0.6 is 0 Å².